The molecule has 0 amide bonds. The predicted molar refractivity (Wildman–Crippen MR) is 105 cm³/mol. The maximum atomic E-state index is 12.8. The number of allylic oxidation sites excluding steroid dienone is 1. The highest BCUT2D eigenvalue weighted by Crippen LogP contribution is 2.19. The van der Waals surface area contributed by atoms with Crippen LogP contribution < -0.4 is 9.46 Å². The maximum absolute atomic E-state index is 12.8. The lowest BCUT2D eigenvalue weighted by Gasteiger charge is -2.01. The van der Waals surface area contributed by atoms with Crippen LogP contribution >= 0.6 is 7.82 Å². The van der Waals surface area contributed by atoms with E-state index < -0.39 is 7.82 Å². The number of halogens is 1. The number of hydrogen-bond donors (Lipinski definition) is 2. The Morgan fingerprint density at radius 1 is 1.18 bits per heavy atom. The van der Waals surface area contributed by atoms with Crippen LogP contribution in [0, 0.1) is 5.82 Å². The fourth-order valence-electron chi connectivity index (χ4n) is 2.62. The third kappa shape index (κ3) is 13.4. The summed E-state index contributed by atoms with van der Waals surface area (Å²) in [5, 5.41) is 0. The Labute approximate surface area is 166 Å². The van der Waals surface area contributed by atoms with Gasteiger partial charge in [0.05, 0.1) is 13.1 Å². The van der Waals surface area contributed by atoms with E-state index in [-0.39, 0.29) is 5.82 Å². The predicted octanol–water partition coefficient (Wildman–Crippen LogP) is 3.43. The Morgan fingerprint density at radius 2 is 1.82 bits per heavy atom. The number of benzene rings is 1. The number of imidazole rings is 1. The Bertz CT molecular complexity index is 733. The quantitative estimate of drug-likeness (QED) is 0.355. The zero-order valence-electron chi connectivity index (χ0n) is 16.3. The van der Waals surface area contributed by atoms with Crippen molar-refractivity contribution < 1.29 is 28.2 Å². The van der Waals surface area contributed by atoms with Gasteiger partial charge < -0.3 is 14.7 Å². The molecule has 156 valence electrons. The molecule has 2 aromatic rings. The van der Waals surface area contributed by atoms with Gasteiger partial charge in [-0.1, -0.05) is 50.5 Å². The fraction of sp³-hybridized carbons (Fsp3) is 0.450. The first kappa shape index (κ1) is 24.2. The van der Waals surface area contributed by atoms with Crippen LogP contribution in [0.2, 0.25) is 0 Å². The van der Waals surface area contributed by atoms with Crippen LogP contribution in [0.15, 0.2) is 49.1 Å². The van der Waals surface area contributed by atoms with Crippen molar-refractivity contribution in [2.24, 2.45) is 0 Å². The fourth-order valence-corrected chi connectivity index (χ4v) is 2.62. The molecule has 0 atom stereocenters. The second-order valence-corrected chi connectivity index (χ2v) is 7.52. The van der Waals surface area contributed by atoms with E-state index in [1.165, 1.54) is 44.2 Å². The highest BCUT2D eigenvalue weighted by molar-refractivity contribution is 7.43. The summed E-state index contributed by atoms with van der Waals surface area (Å²) < 4.78 is 26.1. The van der Waals surface area contributed by atoms with Crippen molar-refractivity contribution in [1.29, 1.82) is 0 Å². The molecule has 28 heavy (non-hydrogen) atoms. The summed E-state index contributed by atoms with van der Waals surface area (Å²) in [4.78, 5) is 22.9. The van der Waals surface area contributed by atoms with Crippen LogP contribution in [0.5, 0.6) is 0 Å². The molecule has 0 saturated carbocycles. The third-order valence-electron chi connectivity index (χ3n) is 4.00. The first-order valence-corrected chi connectivity index (χ1v) is 11.0. The standard InChI is InChI=1S/C20H28FN2.H3O4P/c1-2-3-4-5-7-14-22-16-17-23(18-22)15-8-6-9-19-10-12-20(21)13-11-19;1-5(2,3)4/h6,9-13,16-18H,2-5,7-8,14-15H2,1H3;(H3,1,2,3,4)/q+1;/p-1. The molecule has 0 aliphatic heterocycles. The van der Waals surface area contributed by atoms with Crippen molar-refractivity contribution in [3.63, 3.8) is 0 Å². The highest BCUT2D eigenvalue weighted by atomic mass is 31.2. The zero-order valence-corrected chi connectivity index (χ0v) is 17.2. The van der Waals surface area contributed by atoms with Gasteiger partial charge in [-0.2, -0.15) is 0 Å². The Hall–Kier alpha value is -1.79. The van der Waals surface area contributed by atoms with Crippen LogP contribution in [0.4, 0.5) is 4.39 Å². The molecule has 0 radical (unpaired) electrons. The average molecular weight is 412 g/mol. The molecule has 8 heteroatoms. The minimum Gasteiger partial charge on any atom is -0.756 e. The normalized spacial score (nSPS) is 11.5. The van der Waals surface area contributed by atoms with Gasteiger partial charge in [-0.3, -0.25) is 4.57 Å². The molecule has 6 nitrogen and oxygen atoms in total. The van der Waals surface area contributed by atoms with Crippen LogP contribution in [0.1, 0.15) is 51.0 Å². The average Bonchev–Trinajstić information content (AvgIpc) is 3.06. The molecule has 0 fully saturated rings. The number of nitrogens with zero attached hydrogens (tertiary/aromatic N) is 2. The summed E-state index contributed by atoms with van der Waals surface area (Å²) in [5.74, 6) is -0.186. The lowest BCUT2D eigenvalue weighted by atomic mass is 10.1. The number of aryl methyl sites for hydroxylation is 2. The largest absolute Gasteiger partial charge is 0.756 e. The van der Waals surface area contributed by atoms with E-state index in [1.54, 1.807) is 12.1 Å². The zero-order chi connectivity index (χ0) is 20.8. The second kappa shape index (κ2) is 13.4. The number of phosphoric acid groups is 1. The van der Waals surface area contributed by atoms with E-state index in [1.807, 2.05) is 6.08 Å². The SMILES string of the molecule is CCCCCCC[n+]1ccn(CCC=Cc2ccc(F)cc2)c1.O=P([O-])(O)O. The van der Waals surface area contributed by atoms with E-state index >= 15 is 0 Å². The van der Waals surface area contributed by atoms with Gasteiger partial charge in [0.1, 0.15) is 18.2 Å². The summed E-state index contributed by atoms with van der Waals surface area (Å²) in [7, 11) is -4.89. The summed E-state index contributed by atoms with van der Waals surface area (Å²) in [6.45, 7) is 4.34. The molecule has 0 bridgehead atoms. The summed E-state index contributed by atoms with van der Waals surface area (Å²) in [6, 6.07) is 6.59. The van der Waals surface area contributed by atoms with Crippen molar-refractivity contribution in [2.45, 2.75) is 58.5 Å². The molecule has 0 aliphatic rings. The van der Waals surface area contributed by atoms with Crippen molar-refractivity contribution in [2.75, 3.05) is 0 Å². The van der Waals surface area contributed by atoms with Gasteiger partial charge >= 0.3 is 0 Å². The molecule has 2 N–H and O–H groups in total. The van der Waals surface area contributed by atoms with Gasteiger partial charge in [-0.05, 0) is 30.5 Å². The van der Waals surface area contributed by atoms with E-state index in [2.05, 4.69) is 40.9 Å². The van der Waals surface area contributed by atoms with Gasteiger partial charge in [0, 0.05) is 6.42 Å². The number of aromatic nitrogens is 2. The molecular weight excluding hydrogens is 382 g/mol. The molecule has 1 aromatic carbocycles. The minimum atomic E-state index is -4.89. The molecule has 0 unspecified atom stereocenters. The maximum Gasteiger partial charge on any atom is 0.262 e. The highest BCUT2D eigenvalue weighted by Gasteiger charge is 2.02. The molecule has 0 aliphatic carbocycles. The first-order chi connectivity index (χ1) is 13.3. The monoisotopic (exact) mass is 412 g/mol. The lowest BCUT2D eigenvalue weighted by molar-refractivity contribution is -0.696. The summed E-state index contributed by atoms with van der Waals surface area (Å²) in [5.41, 5.74) is 1.04. The van der Waals surface area contributed by atoms with E-state index in [4.69, 9.17) is 19.2 Å². The van der Waals surface area contributed by atoms with Gasteiger partial charge in [-0.25, -0.2) is 13.5 Å². The Kier molecular flexibility index (Phi) is 11.6. The molecule has 0 spiro atoms. The Balaban J connectivity index is 0.000000696. The molecule has 1 aromatic heterocycles. The third-order valence-corrected chi connectivity index (χ3v) is 4.00. The first-order valence-electron chi connectivity index (χ1n) is 9.51. The van der Waals surface area contributed by atoms with Crippen molar-refractivity contribution in [3.8, 4) is 0 Å². The van der Waals surface area contributed by atoms with E-state index in [0.29, 0.717) is 0 Å². The molecule has 1 heterocycles. The van der Waals surface area contributed by atoms with Gasteiger partial charge in [0.15, 0.2) is 0 Å². The topological polar surface area (TPSA) is 89.4 Å². The van der Waals surface area contributed by atoms with Crippen LogP contribution in [0.25, 0.3) is 6.08 Å². The number of hydrogen-bond acceptors (Lipinski definition) is 2. The summed E-state index contributed by atoms with van der Waals surface area (Å²) in [6.07, 6.45) is 18.2. The van der Waals surface area contributed by atoms with Crippen LogP contribution in [-0.4, -0.2) is 14.4 Å². The molecule has 2 rings (SSSR count). The number of unbranched alkanes of at least 4 members (excludes halogenated alkanes) is 4. The lowest BCUT2D eigenvalue weighted by Crippen LogP contribution is -2.30. The van der Waals surface area contributed by atoms with Crippen LogP contribution in [-0.2, 0) is 17.7 Å². The van der Waals surface area contributed by atoms with E-state index in [9.17, 15) is 4.39 Å². The Morgan fingerprint density at radius 3 is 2.46 bits per heavy atom. The minimum absolute atomic E-state index is 0.186. The van der Waals surface area contributed by atoms with Crippen molar-refractivity contribution >= 4 is 13.9 Å². The van der Waals surface area contributed by atoms with Crippen LogP contribution in [0.3, 0.4) is 0 Å². The van der Waals surface area contributed by atoms with Gasteiger partial charge in [0.2, 0.25) is 6.33 Å². The molecular formula is C20H30FN2O4P. The molecule has 0 saturated heterocycles. The smallest absolute Gasteiger partial charge is 0.262 e. The second-order valence-electron chi connectivity index (χ2n) is 6.54. The number of rotatable bonds is 10. The van der Waals surface area contributed by atoms with Gasteiger partial charge in [-0.15, -0.1) is 0 Å². The van der Waals surface area contributed by atoms with Crippen molar-refractivity contribution in [3.05, 3.63) is 60.4 Å². The van der Waals surface area contributed by atoms with Crippen molar-refractivity contribution in [1.82, 2.24) is 4.57 Å². The van der Waals surface area contributed by atoms with E-state index in [0.717, 1.165) is 25.1 Å². The van der Waals surface area contributed by atoms with Gasteiger partial charge in [0.25, 0.3) is 7.82 Å². The summed E-state index contributed by atoms with van der Waals surface area (Å²) >= 11 is 0.